The average molecular weight is 446 g/mol. The molecule has 0 bridgehead atoms. The molecule has 8 heteroatoms. The molecular formula is C11H8Br2ClNO2S2. The Balaban J connectivity index is 2.36. The Hall–Kier alpha value is -0.0800. The van der Waals surface area contributed by atoms with Gasteiger partial charge in [-0.25, -0.2) is 8.42 Å². The van der Waals surface area contributed by atoms with Gasteiger partial charge >= 0.3 is 0 Å². The molecule has 0 saturated heterocycles. The Morgan fingerprint density at radius 3 is 2.47 bits per heavy atom. The first-order chi connectivity index (χ1) is 8.79. The van der Waals surface area contributed by atoms with Crippen molar-refractivity contribution in [2.24, 2.45) is 0 Å². The molecule has 2 aromatic rings. The molecule has 1 aromatic carbocycles. The number of aryl methyl sites for hydroxylation is 1. The van der Waals surface area contributed by atoms with Crippen molar-refractivity contribution in [1.29, 1.82) is 0 Å². The Morgan fingerprint density at radius 2 is 1.95 bits per heavy atom. The van der Waals surface area contributed by atoms with Crippen LogP contribution in [-0.2, 0) is 10.0 Å². The van der Waals surface area contributed by atoms with Gasteiger partial charge in [-0.3, -0.25) is 4.72 Å². The van der Waals surface area contributed by atoms with Crippen LogP contribution in [0, 0.1) is 6.92 Å². The predicted octanol–water partition coefficient (Wildman–Crippen LogP) is 5.04. The summed E-state index contributed by atoms with van der Waals surface area (Å²) >= 11 is 13.8. The Morgan fingerprint density at radius 1 is 1.26 bits per heavy atom. The maximum absolute atomic E-state index is 12.3. The molecule has 0 unspecified atom stereocenters. The van der Waals surface area contributed by atoms with Crippen molar-refractivity contribution >= 4 is 70.5 Å². The van der Waals surface area contributed by atoms with E-state index in [9.17, 15) is 8.42 Å². The van der Waals surface area contributed by atoms with Gasteiger partial charge < -0.3 is 0 Å². The quantitative estimate of drug-likeness (QED) is 0.720. The summed E-state index contributed by atoms with van der Waals surface area (Å²) in [5.41, 5.74) is 0.426. The highest BCUT2D eigenvalue weighted by Gasteiger charge is 2.19. The summed E-state index contributed by atoms with van der Waals surface area (Å²) in [4.78, 5) is 0.992. The lowest BCUT2D eigenvalue weighted by Gasteiger charge is -2.08. The van der Waals surface area contributed by atoms with Gasteiger partial charge in [-0.15, -0.1) is 11.3 Å². The molecule has 0 atom stereocenters. The zero-order chi connectivity index (χ0) is 14.2. The average Bonchev–Trinajstić information content (AvgIpc) is 2.63. The third kappa shape index (κ3) is 3.52. The molecule has 1 N–H and O–H groups in total. The normalized spacial score (nSPS) is 11.6. The maximum Gasteiger partial charge on any atom is 0.263 e. The summed E-state index contributed by atoms with van der Waals surface area (Å²) in [7, 11) is -3.60. The standard InChI is InChI=1S/C11H8Br2ClNO2S2/c1-6-10(5-11(13)18-6)19(16,17)15-7-2-3-8(12)9(14)4-7/h2-5,15H,1H3. The van der Waals surface area contributed by atoms with E-state index in [0.29, 0.717) is 15.2 Å². The largest absolute Gasteiger partial charge is 0.280 e. The number of benzene rings is 1. The van der Waals surface area contributed by atoms with Gasteiger partial charge in [-0.05, 0) is 63.0 Å². The fourth-order valence-corrected chi connectivity index (χ4v) is 5.36. The molecule has 0 aliphatic rings. The third-order valence-electron chi connectivity index (χ3n) is 2.30. The van der Waals surface area contributed by atoms with Gasteiger partial charge in [-0.2, -0.15) is 0 Å². The highest BCUT2D eigenvalue weighted by Crippen LogP contribution is 2.32. The molecule has 1 aromatic heterocycles. The van der Waals surface area contributed by atoms with Crippen LogP contribution in [0.5, 0.6) is 0 Å². The van der Waals surface area contributed by atoms with Crippen LogP contribution in [0.3, 0.4) is 0 Å². The van der Waals surface area contributed by atoms with E-state index in [-0.39, 0.29) is 4.90 Å². The smallest absolute Gasteiger partial charge is 0.263 e. The van der Waals surface area contributed by atoms with Gasteiger partial charge in [0.05, 0.1) is 14.5 Å². The Bertz CT molecular complexity index is 728. The van der Waals surface area contributed by atoms with Crippen LogP contribution in [0.25, 0.3) is 0 Å². The van der Waals surface area contributed by atoms with Crippen molar-refractivity contribution in [3.8, 4) is 0 Å². The molecule has 2 rings (SSSR count). The first-order valence-electron chi connectivity index (χ1n) is 5.03. The van der Waals surface area contributed by atoms with Crippen LogP contribution in [-0.4, -0.2) is 8.42 Å². The highest BCUT2D eigenvalue weighted by atomic mass is 79.9. The zero-order valence-corrected chi connectivity index (χ0v) is 15.1. The second kappa shape index (κ2) is 5.73. The highest BCUT2D eigenvalue weighted by molar-refractivity contribution is 9.11. The lowest BCUT2D eigenvalue weighted by molar-refractivity contribution is 0.601. The van der Waals surface area contributed by atoms with Gasteiger partial charge in [0.25, 0.3) is 10.0 Å². The van der Waals surface area contributed by atoms with Crippen LogP contribution in [0.4, 0.5) is 5.69 Å². The van der Waals surface area contributed by atoms with E-state index < -0.39 is 10.0 Å². The number of thiophene rings is 1. The van der Waals surface area contributed by atoms with Gasteiger partial charge in [0, 0.05) is 9.35 Å². The lowest BCUT2D eigenvalue weighted by atomic mass is 10.3. The fraction of sp³-hybridized carbons (Fsp3) is 0.0909. The van der Waals surface area contributed by atoms with Gasteiger partial charge in [0.1, 0.15) is 4.90 Å². The predicted molar refractivity (Wildman–Crippen MR) is 86.7 cm³/mol. The molecular weight excluding hydrogens is 438 g/mol. The lowest BCUT2D eigenvalue weighted by Crippen LogP contribution is -2.13. The van der Waals surface area contributed by atoms with Gasteiger partial charge in [0.15, 0.2) is 0 Å². The molecule has 0 aliphatic carbocycles. The summed E-state index contributed by atoms with van der Waals surface area (Å²) < 4.78 is 28.5. The summed E-state index contributed by atoms with van der Waals surface area (Å²) in [5, 5.41) is 0.448. The number of anilines is 1. The Kier molecular flexibility index (Phi) is 4.62. The number of halogens is 3. The summed E-state index contributed by atoms with van der Waals surface area (Å²) in [6.45, 7) is 1.76. The monoisotopic (exact) mass is 443 g/mol. The fourth-order valence-electron chi connectivity index (χ4n) is 1.47. The summed E-state index contributed by atoms with van der Waals surface area (Å²) in [5.74, 6) is 0. The number of sulfonamides is 1. The van der Waals surface area contributed by atoms with Crippen LogP contribution >= 0.6 is 54.8 Å². The molecule has 0 spiro atoms. The van der Waals surface area contributed by atoms with Crippen molar-refractivity contribution in [1.82, 2.24) is 0 Å². The van der Waals surface area contributed by atoms with E-state index in [4.69, 9.17) is 11.6 Å². The van der Waals surface area contributed by atoms with E-state index in [1.54, 1.807) is 31.2 Å². The summed E-state index contributed by atoms with van der Waals surface area (Å²) in [6, 6.07) is 6.48. The molecule has 0 amide bonds. The van der Waals surface area contributed by atoms with Gasteiger partial charge in [0.2, 0.25) is 0 Å². The number of nitrogens with one attached hydrogen (secondary N) is 1. The molecule has 3 nitrogen and oxygen atoms in total. The molecule has 0 aliphatic heterocycles. The zero-order valence-electron chi connectivity index (χ0n) is 9.58. The van der Waals surface area contributed by atoms with E-state index in [2.05, 4.69) is 36.6 Å². The minimum Gasteiger partial charge on any atom is -0.280 e. The summed E-state index contributed by atoms with van der Waals surface area (Å²) in [6.07, 6.45) is 0. The molecule has 0 saturated carbocycles. The molecule has 19 heavy (non-hydrogen) atoms. The second-order valence-corrected chi connectivity index (χ2v) is 9.25. The van der Waals surface area contributed by atoms with Crippen molar-refractivity contribution in [2.75, 3.05) is 4.72 Å². The van der Waals surface area contributed by atoms with E-state index >= 15 is 0 Å². The Labute approximate surface area is 137 Å². The second-order valence-electron chi connectivity index (χ2n) is 3.71. The minimum absolute atomic E-state index is 0.267. The van der Waals surface area contributed by atoms with Crippen LogP contribution < -0.4 is 4.72 Å². The maximum atomic E-state index is 12.3. The van der Waals surface area contributed by atoms with Crippen molar-refractivity contribution in [3.05, 3.63) is 42.4 Å². The molecule has 0 radical (unpaired) electrons. The molecule has 0 fully saturated rings. The van der Waals surface area contributed by atoms with Crippen molar-refractivity contribution in [3.63, 3.8) is 0 Å². The van der Waals surface area contributed by atoms with Crippen LogP contribution in [0.1, 0.15) is 4.88 Å². The third-order valence-corrected chi connectivity index (χ3v) is 6.73. The number of hydrogen-bond donors (Lipinski definition) is 1. The molecule has 102 valence electrons. The van der Waals surface area contributed by atoms with Crippen molar-refractivity contribution < 1.29 is 8.42 Å². The number of rotatable bonds is 3. The van der Waals surface area contributed by atoms with E-state index in [1.165, 1.54) is 11.3 Å². The van der Waals surface area contributed by atoms with Crippen LogP contribution in [0.15, 0.2) is 37.4 Å². The van der Waals surface area contributed by atoms with E-state index in [1.807, 2.05) is 0 Å². The van der Waals surface area contributed by atoms with Gasteiger partial charge in [-0.1, -0.05) is 11.6 Å². The molecule has 1 heterocycles. The SMILES string of the molecule is Cc1sc(Br)cc1S(=O)(=O)Nc1ccc(Br)c(Cl)c1. The van der Waals surface area contributed by atoms with Crippen LogP contribution in [0.2, 0.25) is 5.02 Å². The first-order valence-corrected chi connectivity index (χ1v) is 9.30. The van der Waals surface area contributed by atoms with Crippen molar-refractivity contribution in [2.45, 2.75) is 11.8 Å². The topological polar surface area (TPSA) is 46.2 Å². The number of hydrogen-bond acceptors (Lipinski definition) is 3. The minimum atomic E-state index is -3.60. The van der Waals surface area contributed by atoms with E-state index in [0.717, 1.165) is 8.66 Å². The first kappa shape index (κ1) is 15.3.